The largest absolute Gasteiger partial charge is 0.481 e. The lowest BCUT2D eigenvalue weighted by Crippen LogP contribution is -2.66. The standard InChI is InChI=1S/C41H68O4/c1-11-12-13-19-41-22-16-28(27(2)3)35(41)29-14-15-31-38(8)20-18-32(45-34(44)26-36(4,5)25-33(42)43)37(6,7)30(38)17-21-40(31,10)39(29,9)23-24-41/h28-32,35H,2,11-26H2,1,3-10H3,(H,42,43)/t28-,29+,30-,31+,32-,35+,38-,39+,40+,41+/m0/s1. The number of unbranched alkanes of at least 4 members (excludes halogenated alkanes) is 2. The van der Waals surface area contributed by atoms with Crippen molar-refractivity contribution in [2.75, 3.05) is 0 Å². The maximum absolute atomic E-state index is 13.2. The number of hydrogen-bond acceptors (Lipinski definition) is 3. The van der Waals surface area contributed by atoms with Crippen LogP contribution in [0.4, 0.5) is 0 Å². The molecule has 4 heteroatoms. The van der Waals surface area contributed by atoms with Gasteiger partial charge >= 0.3 is 11.9 Å². The molecule has 0 aromatic heterocycles. The second-order valence-electron chi connectivity index (χ2n) is 19.3. The van der Waals surface area contributed by atoms with Crippen molar-refractivity contribution in [3.63, 3.8) is 0 Å². The number of esters is 1. The summed E-state index contributed by atoms with van der Waals surface area (Å²) in [5.41, 5.74) is 2.23. The van der Waals surface area contributed by atoms with Gasteiger partial charge in [-0.25, -0.2) is 0 Å². The highest BCUT2D eigenvalue weighted by Gasteiger charge is 2.71. The first kappa shape index (κ1) is 35.0. The molecule has 5 fully saturated rings. The Labute approximate surface area is 276 Å². The van der Waals surface area contributed by atoms with E-state index in [1.54, 1.807) is 0 Å². The van der Waals surface area contributed by atoms with E-state index in [-0.39, 0.29) is 35.7 Å². The van der Waals surface area contributed by atoms with E-state index < -0.39 is 11.4 Å². The fourth-order valence-corrected chi connectivity index (χ4v) is 13.7. The molecule has 4 nitrogen and oxygen atoms in total. The molecule has 5 aliphatic carbocycles. The Morgan fingerprint density at radius 1 is 0.844 bits per heavy atom. The van der Waals surface area contributed by atoms with Gasteiger partial charge in [0, 0.05) is 5.41 Å². The summed E-state index contributed by atoms with van der Waals surface area (Å²) in [6.45, 7) is 25.8. The van der Waals surface area contributed by atoms with E-state index in [1.807, 2.05) is 13.8 Å². The third-order valence-corrected chi connectivity index (χ3v) is 16.0. The summed E-state index contributed by atoms with van der Waals surface area (Å²) < 4.78 is 6.28. The second kappa shape index (κ2) is 12.0. The minimum Gasteiger partial charge on any atom is -0.481 e. The quantitative estimate of drug-likeness (QED) is 0.149. The van der Waals surface area contributed by atoms with Gasteiger partial charge in [-0.15, -0.1) is 0 Å². The van der Waals surface area contributed by atoms with Crippen LogP contribution in [0, 0.1) is 62.1 Å². The highest BCUT2D eigenvalue weighted by Crippen LogP contribution is 2.78. The molecule has 5 rings (SSSR count). The first-order valence-electron chi connectivity index (χ1n) is 18.9. The Balaban J connectivity index is 1.38. The number of hydrogen-bond donors (Lipinski definition) is 1. The monoisotopic (exact) mass is 625 g/mol. The van der Waals surface area contributed by atoms with Gasteiger partial charge in [-0.05, 0) is 134 Å². The van der Waals surface area contributed by atoms with E-state index in [1.165, 1.54) is 82.6 Å². The lowest BCUT2D eigenvalue weighted by atomic mass is 9.32. The van der Waals surface area contributed by atoms with Gasteiger partial charge in [0.1, 0.15) is 6.10 Å². The molecule has 10 atom stereocenters. The van der Waals surface area contributed by atoms with Gasteiger partial charge in [0.2, 0.25) is 0 Å². The molecule has 0 amide bonds. The van der Waals surface area contributed by atoms with E-state index in [0.717, 1.165) is 24.7 Å². The van der Waals surface area contributed by atoms with Crippen molar-refractivity contribution in [3.8, 4) is 0 Å². The summed E-state index contributed by atoms with van der Waals surface area (Å²) in [7, 11) is 0. The third-order valence-electron chi connectivity index (χ3n) is 16.0. The molecule has 1 N–H and O–H groups in total. The van der Waals surface area contributed by atoms with Crippen LogP contribution in [0.15, 0.2) is 12.2 Å². The minimum absolute atomic E-state index is 0.0231. The van der Waals surface area contributed by atoms with Crippen molar-refractivity contribution in [2.24, 2.45) is 62.1 Å². The lowest BCUT2D eigenvalue weighted by Gasteiger charge is -2.73. The molecule has 45 heavy (non-hydrogen) atoms. The summed E-state index contributed by atoms with van der Waals surface area (Å²) >= 11 is 0. The predicted octanol–water partition coefficient (Wildman–Crippen LogP) is 11.0. The number of carboxylic acids is 1. The zero-order valence-corrected chi connectivity index (χ0v) is 30.7. The lowest BCUT2D eigenvalue weighted by molar-refractivity contribution is -0.250. The number of carbonyl (C=O) groups excluding carboxylic acids is 1. The Bertz CT molecular complexity index is 1150. The number of fused-ring (bicyclic) bond motifs is 7. The van der Waals surface area contributed by atoms with Crippen LogP contribution in [-0.2, 0) is 14.3 Å². The first-order chi connectivity index (χ1) is 20.9. The number of allylic oxidation sites excluding steroid dienone is 1. The summed E-state index contributed by atoms with van der Waals surface area (Å²) in [6.07, 6.45) is 18.4. The summed E-state index contributed by atoms with van der Waals surface area (Å²) in [6, 6.07) is 0. The summed E-state index contributed by atoms with van der Waals surface area (Å²) in [5, 5.41) is 9.31. The number of carbonyl (C=O) groups is 2. The van der Waals surface area contributed by atoms with Crippen molar-refractivity contribution in [1.29, 1.82) is 0 Å². The van der Waals surface area contributed by atoms with E-state index in [0.29, 0.717) is 34.0 Å². The molecule has 0 spiro atoms. The summed E-state index contributed by atoms with van der Waals surface area (Å²) in [4.78, 5) is 24.5. The zero-order valence-electron chi connectivity index (χ0n) is 30.7. The van der Waals surface area contributed by atoms with Gasteiger partial charge in [-0.3, -0.25) is 9.59 Å². The molecule has 0 aromatic carbocycles. The fourth-order valence-electron chi connectivity index (χ4n) is 13.7. The molecule has 0 unspecified atom stereocenters. The maximum atomic E-state index is 13.2. The second-order valence-corrected chi connectivity index (χ2v) is 19.3. The van der Waals surface area contributed by atoms with Crippen molar-refractivity contribution in [3.05, 3.63) is 12.2 Å². The van der Waals surface area contributed by atoms with Gasteiger partial charge in [0.25, 0.3) is 0 Å². The smallest absolute Gasteiger partial charge is 0.306 e. The minimum atomic E-state index is -0.863. The molecular weight excluding hydrogens is 556 g/mol. The molecule has 256 valence electrons. The van der Waals surface area contributed by atoms with E-state index in [2.05, 4.69) is 55.0 Å². The average molecular weight is 625 g/mol. The van der Waals surface area contributed by atoms with Crippen molar-refractivity contribution in [1.82, 2.24) is 0 Å². The molecule has 5 aliphatic rings. The van der Waals surface area contributed by atoms with Crippen molar-refractivity contribution >= 4 is 11.9 Å². The van der Waals surface area contributed by atoms with E-state index in [9.17, 15) is 14.7 Å². The van der Waals surface area contributed by atoms with Crippen LogP contribution in [0.2, 0.25) is 0 Å². The van der Waals surface area contributed by atoms with Crippen molar-refractivity contribution in [2.45, 2.75) is 171 Å². The molecule has 0 bridgehead atoms. The third kappa shape index (κ3) is 5.66. The number of aliphatic carboxylic acids is 1. The van der Waals surface area contributed by atoms with Crippen LogP contribution >= 0.6 is 0 Å². The highest BCUT2D eigenvalue weighted by atomic mass is 16.5. The first-order valence-corrected chi connectivity index (χ1v) is 18.9. The van der Waals surface area contributed by atoms with Gasteiger partial charge in [0.15, 0.2) is 0 Å². The van der Waals surface area contributed by atoms with Gasteiger partial charge in [0.05, 0.1) is 12.8 Å². The van der Waals surface area contributed by atoms with E-state index in [4.69, 9.17) is 4.74 Å². The molecule has 0 aromatic rings. The van der Waals surface area contributed by atoms with Crippen LogP contribution in [0.5, 0.6) is 0 Å². The Morgan fingerprint density at radius 2 is 1.56 bits per heavy atom. The van der Waals surface area contributed by atoms with Crippen LogP contribution in [-0.4, -0.2) is 23.1 Å². The Kier molecular flexibility index (Phi) is 9.32. The van der Waals surface area contributed by atoms with E-state index >= 15 is 0 Å². The maximum Gasteiger partial charge on any atom is 0.306 e. The highest BCUT2D eigenvalue weighted by molar-refractivity contribution is 5.73. The van der Waals surface area contributed by atoms with Gasteiger partial charge in [-0.2, -0.15) is 0 Å². The fraction of sp³-hybridized carbons (Fsp3) is 0.902. The van der Waals surface area contributed by atoms with Gasteiger partial charge in [-0.1, -0.05) is 86.8 Å². The van der Waals surface area contributed by atoms with Crippen LogP contribution in [0.25, 0.3) is 0 Å². The Hall–Kier alpha value is -1.32. The zero-order chi connectivity index (χ0) is 33.2. The number of rotatable bonds is 10. The SMILES string of the molecule is C=C(C)[C@@H]1CC[C@]2(CCCCC)CC[C@]3(C)[C@H](CC[C@@H]4[C@@]5(C)CC[C@H](OC(=O)CC(C)(C)CC(=O)O)C(C)(C)[C@@H]5CC[C@]43C)[C@@H]12. The number of carboxylic acid groups (broad SMARTS) is 1. The van der Waals surface area contributed by atoms with Crippen LogP contribution in [0.3, 0.4) is 0 Å². The van der Waals surface area contributed by atoms with Crippen LogP contribution in [0.1, 0.15) is 165 Å². The molecule has 0 radical (unpaired) electrons. The van der Waals surface area contributed by atoms with Gasteiger partial charge < -0.3 is 9.84 Å². The average Bonchev–Trinajstić information content (AvgIpc) is 3.30. The topological polar surface area (TPSA) is 63.6 Å². The molecular formula is C41H68O4. The number of ether oxygens (including phenoxy) is 1. The van der Waals surface area contributed by atoms with Crippen LogP contribution < -0.4 is 0 Å². The Morgan fingerprint density at radius 3 is 2.20 bits per heavy atom. The normalized spacial score (nSPS) is 43.8. The van der Waals surface area contributed by atoms with Crippen molar-refractivity contribution < 1.29 is 19.4 Å². The molecule has 0 heterocycles. The summed E-state index contributed by atoms with van der Waals surface area (Å²) in [5.74, 6) is 2.45. The molecule has 5 saturated carbocycles. The predicted molar refractivity (Wildman–Crippen MR) is 184 cm³/mol. The molecule has 0 aliphatic heterocycles. The molecule has 0 saturated heterocycles.